The van der Waals surface area contributed by atoms with Crippen molar-refractivity contribution in [1.82, 2.24) is 14.7 Å². The smallest absolute Gasteiger partial charge is 0.272 e. The van der Waals surface area contributed by atoms with Gasteiger partial charge in [0.25, 0.3) is 5.91 Å². The van der Waals surface area contributed by atoms with Crippen LogP contribution in [0.4, 0.5) is 5.69 Å². The molecule has 3 heterocycles. The molecule has 0 atom stereocenters. The van der Waals surface area contributed by atoms with Crippen molar-refractivity contribution >= 4 is 22.9 Å². The minimum Gasteiger partial charge on any atom is -0.497 e. The van der Waals surface area contributed by atoms with E-state index in [4.69, 9.17) is 9.84 Å². The van der Waals surface area contributed by atoms with E-state index in [9.17, 15) is 4.79 Å². The number of aryl methyl sites for hydroxylation is 1. The molecule has 1 amide bonds. The third-order valence-electron chi connectivity index (χ3n) is 5.95. The first-order valence-electron chi connectivity index (χ1n) is 11.0. The van der Waals surface area contributed by atoms with Crippen molar-refractivity contribution in [2.45, 2.75) is 6.92 Å². The highest BCUT2D eigenvalue weighted by molar-refractivity contribution is 7.13. The summed E-state index contributed by atoms with van der Waals surface area (Å²) in [5.41, 5.74) is 4.60. The Kier molecular flexibility index (Phi) is 5.88. The number of rotatable bonds is 5. The third-order valence-corrected chi connectivity index (χ3v) is 6.85. The van der Waals surface area contributed by atoms with Gasteiger partial charge in [-0.1, -0.05) is 18.2 Å². The summed E-state index contributed by atoms with van der Waals surface area (Å²) >= 11 is 1.63. The molecule has 0 aliphatic carbocycles. The fourth-order valence-electron chi connectivity index (χ4n) is 4.16. The summed E-state index contributed by atoms with van der Waals surface area (Å²) < 4.78 is 7.05. The Morgan fingerprint density at radius 2 is 1.73 bits per heavy atom. The largest absolute Gasteiger partial charge is 0.497 e. The molecule has 1 saturated heterocycles. The SMILES string of the molecule is COc1ccc(N2CCN(C(=O)c3cc(-c4cccs4)nn3-c3cccc(C)c3)CC2)cc1. The van der Waals surface area contributed by atoms with E-state index in [2.05, 4.69) is 23.1 Å². The van der Waals surface area contributed by atoms with E-state index in [-0.39, 0.29) is 5.91 Å². The van der Waals surface area contributed by atoms with Crippen molar-refractivity contribution in [1.29, 1.82) is 0 Å². The van der Waals surface area contributed by atoms with Gasteiger partial charge in [0.15, 0.2) is 0 Å². The van der Waals surface area contributed by atoms with Crippen molar-refractivity contribution in [3.05, 3.63) is 83.4 Å². The highest BCUT2D eigenvalue weighted by atomic mass is 32.1. The van der Waals surface area contributed by atoms with Gasteiger partial charge in [0, 0.05) is 31.9 Å². The lowest BCUT2D eigenvalue weighted by Crippen LogP contribution is -2.49. The molecule has 7 heteroatoms. The molecular weight excluding hydrogens is 432 g/mol. The number of hydrogen-bond donors (Lipinski definition) is 0. The van der Waals surface area contributed by atoms with Crippen LogP contribution in [0.25, 0.3) is 16.3 Å². The van der Waals surface area contributed by atoms with Crippen LogP contribution in [0.5, 0.6) is 5.75 Å². The van der Waals surface area contributed by atoms with E-state index in [1.165, 1.54) is 0 Å². The number of thiophene rings is 1. The number of carbonyl (C=O) groups excluding carboxylic acids is 1. The lowest BCUT2D eigenvalue weighted by molar-refractivity contribution is 0.0737. The van der Waals surface area contributed by atoms with E-state index in [1.54, 1.807) is 23.1 Å². The summed E-state index contributed by atoms with van der Waals surface area (Å²) in [6.07, 6.45) is 0. The molecule has 5 rings (SSSR count). The zero-order valence-electron chi connectivity index (χ0n) is 18.8. The molecule has 1 aliphatic heterocycles. The summed E-state index contributed by atoms with van der Waals surface area (Å²) in [5.74, 6) is 0.861. The van der Waals surface area contributed by atoms with Crippen LogP contribution in [-0.2, 0) is 0 Å². The highest BCUT2D eigenvalue weighted by Crippen LogP contribution is 2.27. The molecule has 2 aromatic heterocycles. The Morgan fingerprint density at radius 3 is 2.39 bits per heavy atom. The maximum atomic E-state index is 13.6. The van der Waals surface area contributed by atoms with Gasteiger partial charge in [-0.25, -0.2) is 4.68 Å². The minimum atomic E-state index is 0.0150. The van der Waals surface area contributed by atoms with Crippen LogP contribution < -0.4 is 9.64 Å². The first-order chi connectivity index (χ1) is 16.1. The molecule has 1 aliphatic rings. The average Bonchev–Trinajstić information content (AvgIpc) is 3.54. The van der Waals surface area contributed by atoms with Crippen molar-refractivity contribution in [3.8, 4) is 22.0 Å². The van der Waals surface area contributed by atoms with Crippen molar-refractivity contribution in [2.24, 2.45) is 0 Å². The average molecular weight is 459 g/mol. The Balaban J connectivity index is 1.39. The van der Waals surface area contributed by atoms with Gasteiger partial charge >= 0.3 is 0 Å². The molecule has 0 spiro atoms. The molecular formula is C26H26N4O2S. The summed E-state index contributed by atoms with van der Waals surface area (Å²) in [6.45, 7) is 4.95. The van der Waals surface area contributed by atoms with Crippen LogP contribution in [0, 0.1) is 6.92 Å². The van der Waals surface area contributed by atoms with Crippen molar-refractivity contribution in [3.63, 3.8) is 0 Å². The molecule has 2 aromatic carbocycles. The number of anilines is 1. The molecule has 168 valence electrons. The van der Waals surface area contributed by atoms with E-state index < -0.39 is 0 Å². The lowest BCUT2D eigenvalue weighted by Gasteiger charge is -2.36. The number of hydrogen-bond acceptors (Lipinski definition) is 5. The van der Waals surface area contributed by atoms with Crippen molar-refractivity contribution < 1.29 is 9.53 Å². The fourth-order valence-corrected chi connectivity index (χ4v) is 4.84. The molecule has 0 N–H and O–H groups in total. The fraction of sp³-hybridized carbons (Fsp3) is 0.231. The number of benzene rings is 2. The van der Waals surface area contributed by atoms with Gasteiger partial charge in [-0.3, -0.25) is 4.79 Å². The topological polar surface area (TPSA) is 50.6 Å². The number of methoxy groups -OCH3 is 1. The maximum Gasteiger partial charge on any atom is 0.272 e. The zero-order valence-corrected chi connectivity index (χ0v) is 19.6. The molecule has 0 radical (unpaired) electrons. The molecule has 0 saturated carbocycles. The summed E-state index contributed by atoms with van der Waals surface area (Å²) in [4.78, 5) is 18.9. The number of carbonyl (C=O) groups is 1. The Morgan fingerprint density at radius 1 is 0.939 bits per heavy atom. The molecule has 6 nitrogen and oxygen atoms in total. The minimum absolute atomic E-state index is 0.0150. The second-order valence-corrected chi connectivity index (χ2v) is 9.07. The Labute approximate surface area is 197 Å². The number of aromatic nitrogens is 2. The van der Waals surface area contributed by atoms with Gasteiger partial charge in [-0.2, -0.15) is 5.10 Å². The van der Waals surface area contributed by atoms with Crippen molar-refractivity contribution in [2.75, 3.05) is 38.2 Å². The molecule has 0 bridgehead atoms. The summed E-state index contributed by atoms with van der Waals surface area (Å²) in [6, 6.07) is 22.1. The van der Waals surface area contributed by atoms with E-state index in [1.807, 2.05) is 65.7 Å². The monoisotopic (exact) mass is 458 g/mol. The Hall–Kier alpha value is -3.58. The van der Waals surface area contributed by atoms with Crippen LogP contribution in [0.2, 0.25) is 0 Å². The standard InChI is InChI=1S/C26H26N4O2S/c1-19-5-3-6-21(17-19)30-24(18-23(27-30)25-7-4-16-33-25)26(31)29-14-12-28(13-15-29)20-8-10-22(32-2)11-9-20/h3-11,16-18H,12-15H2,1-2H3. The maximum absolute atomic E-state index is 13.6. The third kappa shape index (κ3) is 4.36. The second-order valence-electron chi connectivity index (χ2n) is 8.12. The predicted molar refractivity (Wildman–Crippen MR) is 133 cm³/mol. The van der Waals surface area contributed by atoms with E-state index >= 15 is 0 Å². The van der Waals surface area contributed by atoms with Crippen LogP contribution in [0.1, 0.15) is 16.1 Å². The van der Waals surface area contributed by atoms with Gasteiger partial charge in [0.05, 0.1) is 17.7 Å². The quantitative estimate of drug-likeness (QED) is 0.428. The second kappa shape index (κ2) is 9.11. The number of ether oxygens (including phenoxy) is 1. The zero-order chi connectivity index (χ0) is 22.8. The predicted octanol–water partition coefficient (Wildman–Crippen LogP) is 4.88. The summed E-state index contributed by atoms with van der Waals surface area (Å²) in [5, 5.41) is 6.84. The highest BCUT2D eigenvalue weighted by Gasteiger charge is 2.26. The van der Waals surface area contributed by atoms with Crippen LogP contribution >= 0.6 is 11.3 Å². The van der Waals surface area contributed by atoms with Crippen LogP contribution in [-0.4, -0.2) is 53.9 Å². The van der Waals surface area contributed by atoms with Gasteiger partial charge in [-0.15, -0.1) is 11.3 Å². The Bertz CT molecular complexity index is 1240. The van der Waals surface area contributed by atoms with Gasteiger partial charge < -0.3 is 14.5 Å². The normalized spacial score (nSPS) is 13.9. The van der Waals surface area contributed by atoms with E-state index in [0.29, 0.717) is 18.8 Å². The molecule has 0 unspecified atom stereocenters. The van der Waals surface area contributed by atoms with Gasteiger partial charge in [0.2, 0.25) is 0 Å². The molecule has 1 fully saturated rings. The molecule has 33 heavy (non-hydrogen) atoms. The first-order valence-corrected chi connectivity index (χ1v) is 11.9. The number of nitrogens with zero attached hydrogens (tertiary/aromatic N) is 4. The van der Waals surface area contributed by atoms with Gasteiger partial charge in [-0.05, 0) is 66.4 Å². The number of amides is 1. The number of piperazine rings is 1. The van der Waals surface area contributed by atoms with E-state index in [0.717, 1.165) is 46.3 Å². The summed E-state index contributed by atoms with van der Waals surface area (Å²) in [7, 11) is 1.67. The lowest BCUT2D eigenvalue weighted by atomic mass is 10.2. The van der Waals surface area contributed by atoms with Crippen LogP contribution in [0.3, 0.4) is 0 Å². The van der Waals surface area contributed by atoms with Gasteiger partial charge in [0.1, 0.15) is 17.1 Å². The first kappa shape index (κ1) is 21.3. The van der Waals surface area contributed by atoms with Crippen LogP contribution in [0.15, 0.2) is 72.1 Å². The molecule has 4 aromatic rings.